The predicted octanol–water partition coefficient (Wildman–Crippen LogP) is 0.770. The summed E-state index contributed by atoms with van der Waals surface area (Å²) in [7, 11) is 6.66. The highest BCUT2D eigenvalue weighted by molar-refractivity contribution is 6.22. The molecule has 4 rings (SSSR count). The highest BCUT2D eigenvalue weighted by Crippen LogP contribution is 2.51. The van der Waals surface area contributed by atoms with E-state index in [4.69, 9.17) is 5.73 Å². The standard InChI is InChI=1S/C24H27N3O8/c1-26(2)12-7-11(24(34)35)18(28)14-9(12)5-8-6-10-15(20(30)13(8)19(14)29)21(31)16(23(25)33)22(32)17(10)27(3)4/h7-8,10,15,17,28,30,32H,5-6H2,1-4H3,(H2,25,33)(H,34,35)/t8?,10?,15?,17-/m0/s1. The van der Waals surface area contributed by atoms with E-state index in [2.05, 4.69) is 0 Å². The molecule has 1 aromatic carbocycles. The number of aromatic carboxylic acids is 1. The number of allylic oxidation sites excluding steroid dienone is 2. The van der Waals surface area contributed by atoms with Gasteiger partial charge in [-0.05, 0) is 50.4 Å². The number of fused-ring (bicyclic) bond motifs is 3. The Kier molecular flexibility index (Phi) is 5.63. The van der Waals surface area contributed by atoms with E-state index in [9.17, 15) is 39.6 Å². The Balaban J connectivity index is 1.96. The SMILES string of the molecule is CN(C)c1cc(C(=O)O)c(O)c2c1CC1CC3C(C(=O)C(C(N)=O)=C(O)[C@H]3N(C)C)C(O)=C1C2=O. The summed E-state index contributed by atoms with van der Waals surface area (Å²) in [6.45, 7) is 0. The van der Waals surface area contributed by atoms with Gasteiger partial charge in [0.1, 0.15) is 28.4 Å². The van der Waals surface area contributed by atoms with Crippen molar-refractivity contribution in [2.24, 2.45) is 23.5 Å². The van der Waals surface area contributed by atoms with E-state index in [1.165, 1.54) is 6.07 Å². The van der Waals surface area contributed by atoms with Crippen molar-refractivity contribution in [3.63, 3.8) is 0 Å². The number of Topliss-reactive ketones (excluding diaryl/α,β-unsaturated/α-hetero) is 2. The molecule has 3 aliphatic rings. The van der Waals surface area contributed by atoms with E-state index in [0.717, 1.165) is 0 Å². The Morgan fingerprint density at radius 1 is 1.06 bits per heavy atom. The summed E-state index contributed by atoms with van der Waals surface area (Å²) in [4.78, 5) is 53.8. The van der Waals surface area contributed by atoms with Crippen LogP contribution in [0.15, 0.2) is 28.7 Å². The number of aliphatic hydroxyl groups excluding tert-OH is 2. The topological polar surface area (TPSA) is 182 Å². The zero-order valence-electron chi connectivity index (χ0n) is 19.7. The molecule has 0 saturated carbocycles. The second-order valence-electron chi connectivity index (χ2n) is 9.65. The summed E-state index contributed by atoms with van der Waals surface area (Å²) in [6, 6.07) is 0.487. The second-order valence-corrected chi connectivity index (χ2v) is 9.65. The number of phenols is 1. The van der Waals surface area contributed by atoms with Crippen molar-refractivity contribution in [1.82, 2.24) is 4.90 Å². The molecular formula is C24H27N3O8. The quantitative estimate of drug-likeness (QED) is 0.382. The van der Waals surface area contributed by atoms with Crippen LogP contribution in [-0.2, 0) is 16.0 Å². The number of primary amides is 1. The van der Waals surface area contributed by atoms with E-state index >= 15 is 0 Å². The summed E-state index contributed by atoms with van der Waals surface area (Å²) in [5.41, 5.74) is 4.82. The van der Waals surface area contributed by atoms with E-state index in [0.29, 0.717) is 11.3 Å². The van der Waals surface area contributed by atoms with Gasteiger partial charge in [0.15, 0.2) is 11.6 Å². The summed E-state index contributed by atoms with van der Waals surface area (Å²) in [6.07, 6.45) is 0.403. The van der Waals surface area contributed by atoms with Crippen LogP contribution in [0.2, 0.25) is 0 Å². The van der Waals surface area contributed by atoms with Crippen molar-refractivity contribution in [1.29, 1.82) is 0 Å². The van der Waals surface area contributed by atoms with E-state index in [1.54, 1.807) is 38.0 Å². The van der Waals surface area contributed by atoms with Gasteiger partial charge in [0.05, 0.1) is 17.5 Å². The van der Waals surface area contributed by atoms with Crippen LogP contribution in [0.4, 0.5) is 5.69 Å². The maximum atomic E-state index is 13.6. The number of hydrogen-bond acceptors (Lipinski definition) is 9. The molecule has 6 N–H and O–H groups in total. The molecule has 11 nitrogen and oxygen atoms in total. The third-order valence-corrected chi connectivity index (χ3v) is 7.26. The number of aromatic hydroxyl groups is 1. The lowest BCUT2D eigenvalue weighted by atomic mass is 9.60. The van der Waals surface area contributed by atoms with Crippen LogP contribution in [0.1, 0.15) is 32.7 Å². The highest BCUT2D eigenvalue weighted by Gasteiger charge is 2.54. The van der Waals surface area contributed by atoms with Crippen LogP contribution in [0.25, 0.3) is 0 Å². The lowest BCUT2D eigenvalue weighted by Crippen LogP contribution is -2.53. The first-order valence-electron chi connectivity index (χ1n) is 11.0. The summed E-state index contributed by atoms with van der Waals surface area (Å²) >= 11 is 0. The zero-order chi connectivity index (χ0) is 26.1. The first kappa shape index (κ1) is 24.3. The normalized spacial score (nSPS) is 25.9. The van der Waals surface area contributed by atoms with E-state index in [-0.39, 0.29) is 24.0 Å². The number of likely N-dealkylation sites (N-methyl/N-ethyl adjacent to an activating group) is 1. The van der Waals surface area contributed by atoms with Gasteiger partial charge in [0, 0.05) is 25.4 Å². The zero-order valence-corrected chi connectivity index (χ0v) is 19.7. The number of carboxylic acids is 1. The molecule has 0 fully saturated rings. The van der Waals surface area contributed by atoms with Crippen molar-refractivity contribution >= 4 is 29.1 Å². The summed E-state index contributed by atoms with van der Waals surface area (Å²) in [5.74, 6) is -8.45. The van der Waals surface area contributed by atoms with Crippen LogP contribution in [-0.4, -0.2) is 83.0 Å². The number of carbonyl (C=O) groups excluding carboxylic acids is 3. The number of carbonyl (C=O) groups is 4. The minimum atomic E-state index is -1.42. The Morgan fingerprint density at radius 3 is 2.20 bits per heavy atom. The van der Waals surface area contributed by atoms with Gasteiger partial charge < -0.3 is 31.1 Å². The van der Waals surface area contributed by atoms with Crippen molar-refractivity contribution in [3.05, 3.63) is 45.4 Å². The van der Waals surface area contributed by atoms with Crippen LogP contribution in [0.5, 0.6) is 5.75 Å². The first-order valence-corrected chi connectivity index (χ1v) is 11.0. The Bertz CT molecular complexity index is 1260. The van der Waals surface area contributed by atoms with Gasteiger partial charge in [-0.15, -0.1) is 0 Å². The molecule has 3 unspecified atom stereocenters. The van der Waals surface area contributed by atoms with Crippen LogP contribution in [0, 0.1) is 17.8 Å². The monoisotopic (exact) mass is 485 g/mol. The van der Waals surface area contributed by atoms with Gasteiger partial charge in [0.25, 0.3) is 5.91 Å². The maximum Gasteiger partial charge on any atom is 0.339 e. The van der Waals surface area contributed by atoms with Crippen molar-refractivity contribution in [3.8, 4) is 5.75 Å². The lowest BCUT2D eigenvalue weighted by Gasteiger charge is -2.46. The minimum Gasteiger partial charge on any atom is -0.511 e. The molecule has 1 amide bonds. The third kappa shape index (κ3) is 3.37. The summed E-state index contributed by atoms with van der Waals surface area (Å²) < 4.78 is 0. The number of rotatable bonds is 4. The summed E-state index contributed by atoms with van der Waals surface area (Å²) in [5, 5.41) is 42.3. The molecule has 0 aromatic heterocycles. The Morgan fingerprint density at radius 2 is 1.69 bits per heavy atom. The number of benzene rings is 1. The van der Waals surface area contributed by atoms with Crippen LogP contribution < -0.4 is 10.6 Å². The molecule has 4 atom stereocenters. The predicted molar refractivity (Wildman–Crippen MR) is 124 cm³/mol. The fourth-order valence-electron chi connectivity index (χ4n) is 5.88. The largest absolute Gasteiger partial charge is 0.511 e. The van der Waals surface area contributed by atoms with Gasteiger partial charge in [-0.3, -0.25) is 19.3 Å². The van der Waals surface area contributed by atoms with Gasteiger partial charge in [-0.1, -0.05) is 0 Å². The highest BCUT2D eigenvalue weighted by atomic mass is 16.4. The van der Waals surface area contributed by atoms with E-state index in [1.807, 2.05) is 0 Å². The molecule has 0 aliphatic heterocycles. The number of ketones is 2. The molecule has 0 heterocycles. The number of hydrogen-bond donors (Lipinski definition) is 5. The minimum absolute atomic E-state index is 0.0997. The van der Waals surface area contributed by atoms with Gasteiger partial charge >= 0.3 is 5.97 Å². The molecule has 0 spiro atoms. The molecule has 0 saturated heterocycles. The second kappa shape index (κ2) is 8.12. The molecule has 186 valence electrons. The number of amides is 1. The number of aliphatic hydroxyl groups is 2. The van der Waals surface area contributed by atoms with Crippen LogP contribution >= 0.6 is 0 Å². The molecule has 0 bridgehead atoms. The molecule has 11 heteroatoms. The Hall–Kier alpha value is -3.86. The van der Waals surface area contributed by atoms with Crippen LogP contribution in [0.3, 0.4) is 0 Å². The third-order valence-electron chi connectivity index (χ3n) is 7.26. The van der Waals surface area contributed by atoms with Crippen molar-refractivity contribution in [2.45, 2.75) is 18.9 Å². The number of nitrogens with zero attached hydrogens (tertiary/aromatic N) is 2. The number of anilines is 1. The fourth-order valence-corrected chi connectivity index (χ4v) is 5.88. The molecule has 35 heavy (non-hydrogen) atoms. The van der Waals surface area contributed by atoms with Gasteiger partial charge in [-0.25, -0.2) is 4.79 Å². The maximum absolute atomic E-state index is 13.6. The number of carboxylic acid groups (broad SMARTS) is 1. The van der Waals surface area contributed by atoms with Crippen molar-refractivity contribution < 1.29 is 39.6 Å². The smallest absolute Gasteiger partial charge is 0.339 e. The van der Waals surface area contributed by atoms with Gasteiger partial charge in [0.2, 0.25) is 0 Å². The molecule has 1 aromatic rings. The fraction of sp³-hybridized carbons (Fsp3) is 0.417. The van der Waals surface area contributed by atoms with E-state index < -0.39 is 75.6 Å². The lowest BCUT2D eigenvalue weighted by molar-refractivity contribution is -0.127. The van der Waals surface area contributed by atoms with Gasteiger partial charge in [-0.2, -0.15) is 0 Å². The average Bonchev–Trinajstić information content (AvgIpc) is 2.72. The average molecular weight is 485 g/mol. The molecule has 0 radical (unpaired) electrons. The number of nitrogens with two attached hydrogens (primary N) is 1. The first-order chi connectivity index (χ1) is 16.3. The Labute approximate surface area is 200 Å². The molecule has 3 aliphatic carbocycles. The molecular weight excluding hydrogens is 458 g/mol. The van der Waals surface area contributed by atoms with Crippen molar-refractivity contribution in [2.75, 3.05) is 33.1 Å².